The van der Waals surface area contributed by atoms with Gasteiger partial charge in [0.05, 0.1) is 35.6 Å². The topological polar surface area (TPSA) is 13.1 Å². The van der Waals surface area contributed by atoms with Crippen molar-refractivity contribution in [1.29, 1.82) is 0 Å². The zero-order valence-corrected chi connectivity index (χ0v) is 21.4. The lowest BCUT2D eigenvalue weighted by molar-refractivity contribution is 0.669. The van der Waals surface area contributed by atoms with Gasteiger partial charge in [-0.3, -0.25) is 0 Å². The molecule has 200 valence electrons. The van der Waals surface area contributed by atoms with Gasteiger partial charge in [0.15, 0.2) is 0 Å². The van der Waals surface area contributed by atoms with Crippen LogP contribution < -0.4 is 0 Å². The molecule has 0 spiro atoms. The number of fused-ring (bicyclic) bond motifs is 6. The Morgan fingerprint density at radius 3 is 1.77 bits per heavy atom. The van der Waals surface area contributed by atoms with Crippen molar-refractivity contribution >= 4 is 54.3 Å². The molecule has 0 radical (unpaired) electrons. The summed E-state index contributed by atoms with van der Waals surface area (Å²) in [5, 5.41) is -5.29. The lowest BCUT2D eigenvalue weighted by Crippen LogP contribution is -1.92. The maximum atomic E-state index is 10.1. The van der Waals surface area contributed by atoms with Gasteiger partial charge in [0.2, 0.25) is 0 Å². The molecular formula is C42H26O. The predicted octanol–water partition coefficient (Wildman–Crippen LogP) is 12.0. The Balaban J connectivity index is 1.70. The molecule has 0 fully saturated rings. The number of rotatable bonds is 3. The Kier molecular flexibility index (Phi) is 2.13. The van der Waals surface area contributed by atoms with Crippen LogP contribution in [0.15, 0.2) is 162 Å². The van der Waals surface area contributed by atoms with Gasteiger partial charge in [0.25, 0.3) is 0 Å². The minimum Gasteiger partial charge on any atom is -0.456 e. The Labute approximate surface area is 285 Å². The van der Waals surface area contributed by atoms with Crippen molar-refractivity contribution in [3.05, 3.63) is 157 Å². The van der Waals surface area contributed by atoms with Crippen LogP contribution in [0.3, 0.4) is 0 Å². The van der Waals surface area contributed by atoms with Crippen LogP contribution in [0.1, 0.15) is 35.6 Å². The molecule has 0 aliphatic rings. The molecule has 0 amide bonds. The van der Waals surface area contributed by atoms with Crippen LogP contribution in [-0.2, 0) is 0 Å². The number of hydrogen-bond donors (Lipinski definition) is 0. The Morgan fingerprint density at radius 1 is 0.349 bits per heavy atom. The van der Waals surface area contributed by atoms with E-state index >= 15 is 0 Å². The summed E-state index contributed by atoms with van der Waals surface area (Å²) >= 11 is 0. The van der Waals surface area contributed by atoms with Gasteiger partial charge in [0.1, 0.15) is 11.2 Å². The van der Waals surface area contributed by atoms with Gasteiger partial charge >= 0.3 is 0 Å². The van der Waals surface area contributed by atoms with Gasteiger partial charge in [0, 0.05) is 10.8 Å². The maximum absolute atomic E-state index is 10.1. The number of benzene rings is 8. The van der Waals surface area contributed by atoms with Crippen molar-refractivity contribution in [2.24, 2.45) is 0 Å². The van der Waals surface area contributed by atoms with Crippen LogP contribution in [0.5, 0.6) is 0 Å². The van der Waals surface area contributed by atoms with Crippen LogP contribution in [-0.4, -0.2) is 0 Å². The lowest BCUT2D eigenvalue weighted by atomic mass is 9.84. The summed E-state index contributed by atoms with van der Waals surface area (Å²) in [5.41, 5.74) is -5.85. The van der Waals surface area contributed by atoms with Crippen LogP contribution >= 0.6 is 0 Å². The van der Waals surface area contributed by atoms with E-state index in [9.17, 15) is 11.0 Å². The highest BCUT2D eigenvalue weighted by Gasteiger charge is 2.19. The van der Waals surface area contributed by atoms with Gasteiger partial charge in [-0.2, -0.15) is 0 Å². The van der Waals surface area contributed by atoms with Crippen molar-refractivity contribution in [1.82, 2.24) is 0 Å². The molecule has 1 nitrogen and oxygen atoms in total. The minimum absolute atomic E-state index is 0.457. The fraction of sp³-hybridized carbons (Fsp3) is 0. The SMILES string of the molecule is [2H]c1c([2H])c([2H])c(-c2c3c([2H])c([2H])c([2H])c([2H])c3c(-c3c([2H])c([2H])c4oc5c([2H])c([2H])c([2H])c([2H])c5c4c3[2H])c3c([2H])c(-c4c([2H])c([2H])c([2H])c5c([2H])c([2H])c([2H])c([2H])c45)c([2H])c([2H])c23)c([2H])c1[2H]. The molecule has 1 heterocycles. The van der Waals surface area contributed by atoms with Crippen LogP contribution in [0.2, 0.25) is 0 Å². The van der Waals surface area contributed by atoms with Gasteiger partial charge in [-0.25, -0.2) is 0 Å². The first-order valence-electron chi connectivity index (χ1n) is 25.7. The molecule has 0 aliphatic carbocycles. The zero-order chi connectivity index (χ0) is 51.0. The minimum atomic E-state index is -1.07. The number of furan rings is 1. The van der Waals surface area contributed by atoms with Crippen LogP contribution in [0.25, 0.3) is 87.6 Å². The highest BCUT2D eigenvalue weighted by atomic mass is 16.3. The maximum Gasteiger partial charge on any atom is 0.135 e. The summed E-state index contributed by atoms with van der Waals surface area (Å²) in [6, 6.07) is -24.0. The average Bonchev–Trinajstić information content (AvgIpc) is 3.73. The molecule has 43 heavy (non-hydrogen) atoms. The van der Waals surface area contributed by atoms with E-state index in [0.717, 1.165) is 0 Å². The molecule has 0 aliphatic heterocycles. The summed E-state index contributed by atoms with van der Waals surface area (Å²) in [4.78, 5) is 0. The molecule has 8 aromatic carbocycles. The normalized spacial score (nSPS) is 20.2. The van der Waals surface area contributed by atoms with E-state index in [0.29, 0.717) is 0 Å². The highest BCUT2D eigenvalue weighted by Crippen LogP contribution is 2.46. The summed E-state index contributed by atoms with van der Waals surface area (Å²) in [6.45, 7) is 0. The van der Waals surface area contributed by atoms with Gasteiger partial charge in [-0.15, -0.1) is 0 Å². The standard InChI is InChI=1S/C42H26O/c1-2-12-28(13-3-1)41-34-17-6-7-18-35(34)42(30-22-24-40-37(26-30)33-16-8-9-20-39(33)43-40)38-25-29(21-23-36(38)41)32-19-10-14-27-11-4-5-15-31(27)32/h1-26H/i1D,2D,3D,4D,5D,6D,7D,8D,9D,10D,11D,12D,13D,14D,15D,16D,17D,18D,19D,20D,21D,22D,23D,24D,25D,26D. The predicted molar refractivity (Wildman–Crippen MR) is 183 cm³/mol. The zero-order valence-electron chi connectivity index (χ0n) is 47.4. The van der Waals surface area contributed by atoms with Crippen molar-refractivity contribution < 1.29 is 40.1 Å². The molecule has 0 atom stereocenters. The van der Waals surface area contributed by atoms with Gasteiger partial charge in [-0.1, -0.05) is 133 Å². The van der Waals surface area contributed by atoms with Crippen LogP contribution in [0.4, 0.5) is 0 Å². The number of para-hydroxylation sites is 1. The molecular weight excluding hydrogens is 520 g/mol. The largest absolute Gasteiger partial charge is 0.456 e. The molecule has 0 unspecified atom stereocenters. The quantitative estimate of drug-likeness (QED) is 0.192. The molecule has 0 saturated heterocycles. The smallest absolute Gasteiger partial charge is 0.135 e. The molecule has 9 aromatic rings. The van der Waals surface area contributed by atoms with Crippen molar-refractivity contribution in [3.63, 3.8) is 0 Å². The number of hydrogen-bond acceptors (Lipinski definition) is 1. The van der Waals surface area contributed by atoms with E-state index in [2.05, 4.69) is 0 Å². The van der Waals surface area contributed by atoms with Crippen molar-refractivity contribution in [3.8, 4) is 33.4 Å². The molecule has 9 rings (SSSR count). The van der Waals surface area contributed by atoms with E-state index in [1.54, 1.807) is 0 Å². The van der Waals surface area contributed by atoms with Crippen molar-refractivity contribution in [2.75, 3.05) is 0 Å². The molecule has 0 saturated carbocycles. The van der Waals surface area contributed by atoms with Crippen molar-refractivity contribution in [2.45, 2.75) is 0 Å². The summed E-state index contributed by atoms with van der Waals surface area (Å²) in [7, 11) is 0. The Morgan fingerprint density at radius 2 is 0.930 bits per heavy atom. The first-order chi connectivity index (χ1) is 32.2. The third-order valence-corrected chi connectivity index (χ3v) is 6.95. The van der Waals surface area contributed by atoms with E-state index in [-0.39, 0.29) is 0 Å². The fourth-order valence-electron chi connectivity index (χ4n) is 5.15. The van der Waals surface area contributed by atoms with E-state index in [1.807, 2.05) is 0 Å². The third-order valence-electron chi connectivity index (χ3n) is 6.95. The fourth-order valence-corrected chi connectivity index (χ4v) is 5.15. The summed E-state index contributed by atoms with van der Waals surface area (Å²) in [5.74, 6) is 0. The molecule has 0 N–H and O–H groups in total. The van der Waals surface area contributed by atoms with Gasteiger partial charge < -0.3 is 4.42 Å². The third kappa shape index (κ3) is 3.72. The monoisotopic (exact) mass is 572 g/mol. The van der Waals surface area contributed by atoms with E-state index in [1.165, 1.54) is 0 Å². The lowest BCUT2D eigenvalue weighted by Gasteiger charge is -2.19. The summed E-state index contributed by atoms with van der Waals surface area (Å²) in [6.07, 6.45) is 0. The molecule has 0 bridgehead atoms. The Hall–Kier alpha value is -5.66. The molecule has 1 heteroatoms. The summed E-state index contributed by atoms with van der Waals surface area (Å²) < 4.78 is 239. The van der Waals surface area contributed by atoms with Crippen LogP contribution in [0, 0.1) is 0 Å². The second-order valence-corrected chi connectivity index (χ2v) is 9.26. The highest BCUT2D eigenvalue weighted by molar-refractivity contribution is 6.23. The second kappa shape index (κ2) is 9.44. The van der Waals surface area contributed by atoms with E-state index < -0.39 is 245 Å². The first kappa shape index (κ1) is 9.69. The average molecular weight is 573 g/mol. The first-order valence-corrected chi connectivity index (χ1v) is 12.7. The van der Waals surface area contributed by atoms with E-state index in [4.69, 9.17) is 29.1 Å². The molecule has 1 aromatic heterocycles. The van der Waals surface area contributed by atoms with Gasteiger partial charge in [-0.05, 0) is 89.9 Å². The second-order valence-electron chi connectivity index (χ2n) is 9.26. The Bertz CT molecular complexity index is 3930.